The molecule has 7 nitrogen and oxygen atoms in total. The fourth-order valence-electron chi connectivity index (χ4n) is 3.69. The molecule has 29 heavy (non-hydrogen) atoms. The van der Waals surface area contributed by atoms with Gasteiger partial charge in [-0.1, -0.05) is 42.1 Å². The van der Waals surface area contributed by atoms with Crippen molar-refractivity contribution in [3.63, 3.8) is 0 Å². The maximum Gasteiger partial charge on any atom is 0.327 e. The summed E-state index contributed by atoms with van der Waals surface area (Å²) in [4.78, 5) is 50.6. The van der Waals surface area contributed by atoms with E-state index in [1.165, 1.54) is 23.6 Å². The van der Waals surface area contributed by atoms with Gasteiger partial charge in [0.05, 0.1) is 10.6 Å². The number of carbonyl (C=O) groups excluding carboxylic acids is 3. The van der Waals surface area contributed by atoms with E-state index in [1.54, 1.807) is 0 Å². The number of fused-ring (bicyclic) bond motifs is 1. The van der Waals surface area contributed by atoms with Gasteiger partial charge in [-0.05, 0) is 31.2 Å². The second kappa shape index (κ2) is 9.67. The highest BCUT2D eigenvalue weighted by molar-refractivity contribution is 8.14. The highest BCUT2D eigenvalue weighted by Gasteiger charge is 2.45. The van der Waals surface area contributed by atoms with Crippen LogP contribution in [0.5, 0.6) is 0 Å². The molecule has 3 rings (SSSR count). The van der Waals surface area contributed by atoms with Gasteiger partial charge < -0.3 is 15.3 Å². The van der Waals surface area contributed by atoms with Gasteiger partial charge in [-0.3, -0.25) is 14.4 Å². The van der Waals surface area contributed by atoms with Gasteiger partial charge >= 0.3 is 5.97 Å². The average Bonchev–Trinajstić information content (AvgIpc) is 3.04. The Hall–Kier alpha value is -2.00. The Morgan fingerprint density at radius 3 is 2.66 bits per heavy atom. The number of carboxylic acids is 1. The highest BCUT2D eigenvalue weighted by Crippen LogP contribution is 2.35. The van der Waals surface area contributed by atoms with Crippen molar-refractivity contribution < 1.29 is 24.3 Å². The first-order chi connectivity index (χ1) is 13.9. The predicted molar refractivity (Wildman–Crippen MR) is 113 cm³/mol. The quantitative estimate of drug-likeness (QED) is 0.702. The van der Waals surface area contributed by atoms with Crippen LogP contribution in [0.2, 0.25) is 0 Å². The Balaban J connectivity index is 1.73. The van der Waals surface area contributed by atoms with E-state index in [1.807, 2.05) is 30.3 Å². The van der Waals surface area contributed by atoms with E-state index in [0.717, 1.165) is 23.7 Å². The summed E-state index contributed by atoms with van der Waals surface area (Å²) in [7, 11) is 0. The third-order valence-corrected chi connectivity index (χ3v) is 7.41. The van der Waals surface area contributed by atoms with Crippen molar-refractivity contribution in [1.82, 2.24) is 10.2 Å². The number of aliphatic carboxylic acids is 1. The van der Waals surface area contributed by atoms with E-state index in [9.17, 15) is 24.3 Å². The second-order valence-corrected chi connectivity index (χ2v) is 9.76. The van der Waals surface area contributed by atoms with Crippen molar-refractivity contribution in [2.45, 2.75) is 55.3 Å². The number of carbonyl (C=O) groups is 4. The van der Waals surface area contributed by atoms with Crippen LogP contribution in [0.3, 0.4) is 0 Å². The number of rotatable bonds is 6. The SMILES string of the molecule is CC(=O)S[C@@H](Cc1ccccc1)C(=O)NC1CCCC2SCC(C(=O)O)N2C1=O. The van der Waals surface area contributed by atoms with Crippen molar-refractivity contribution in [2.75, 3.05) is 5.75 Å². The number of benzene rings is 1. The standard InChI is InChI=1S/C20H24N2O5S2/c1-12(23)29-16(10-13-6-3-2-4-7-13)18(24)21-14-8-5-9-17-22(19(14)25)15(11-28-17)20(26)27/h2-4,6-7,14-17H,5,8-11H2,1H3,(H,21,24)(H,26,27)/t14?,15?,16-,17?/m0/s1. The van der Waals surface area contributed by atoms with Crippen molar-refractivity contribution in [3.8, 4) is 0 Å². The van der Waals surface area contributed by atoms with Crippen molar-refractivity contribution in [1.29, 1.82) is 0 Å². The molecule has 2 amide bonds. The van der Waals surface area contributed by atoms with Gasteiger partial charge in [-0.25, -0.2) is 4.79 Å². The van der Waals surface area contributed by atoms with E-state index < -0.39 is 23.3 Å². The molecule has 3 unspecified atom stereocenters. The summed E-state index contributed by atoms with van der Waals surface area (Å²) in [5.41, 5.74) is 0.926. The summed E-state index contributed by atoms with van der Waals surface area (Å²) in [6.07, 6.45) is 2.27. The Labute approximate surface area is 178 Å². The minimum absolute atomic E-state index is 0.155. The zero-order valence-corrected chi connectivity index (χ0v) is 17.7. The fraction of sp³-hybridized carbons (Fsp3) is 0.500. The van der Waals surface area contributed by atoms with Crippen LogP contribution < -0.4 is 5.32 Å². The van der Waals surface area contributed by atoms with E-state index in [4.69, 9.17) is 0 Å². The monoisotopic (exact) mass is 436 g/mol. The third kappa shape index (κ3) is 5.33. The lowest BCUT2D eigenvalue weighted by atomic mass is 10.1. The van der Waals surface area contributed by atoms with Gasteiger partial charge in [0.25, 0.3) is 0 Å². The number of hydrogen-bond donors (Lipinski definition) is 2. The first-order valence-corrected chi connectivity index (χ1v) is 11.5. The van der Waals surface area contributed by atoms with Gasteiger partial charge in [-0.15, -0.1) is 11.8 Å². The summed E-state index contributed by atoms with van der Waals surface area (Å²) in [5.74, 6) is -1.37. The normalized spacial score (nSPS) is 25.1. The van der Waals surface area contributed by atoms with Crippen molar-refractivity contribution in [2.24, 2.45) is 0 Å². The Bertz CT molecular complexity index is 788. The number of nitrogens with zero attached hydrogens (tertiary/aromatic N) is 1. The number of amides is 2. The summed E-state index contributed by atoms with van der Waals surface area (Å²) in [5, 5.41) is 11.3. The molecule has 9 heteroatoms. The largest absolute Gasteiger partial charge is 0.480 e. The second-order valence-electron chi connectivity index (χ2n) is 7.17. The first-order valence-electron chi connectivity index (χ1n) is 9.55. The molecule has 0 saturated carbocycles. The zero-order chi connectivity index (χ0) is 21.0. The third-order valence-electron chi connectivity index (χ3n) is 5.06. The lowest BCUT2D eigenvalue weighted by Crippen LogP contribution is -2.54. The highest BCUT2D eigenvalue weighted by atomic mass is 32.2. The lowest BCUT2D eigenvalue weighted by Gasteiger charge is -2.28. The Morgan fingerprint density at radius 2 is 2.00 bits per heavy atom. The molecule has 2 heterocycles. The molecule has 2 N–H and O–H groups in total. The van der Waals surface area contributed by atoms with Crippen LogP contribution >= 0.6 is 23.5 Å². The first kappa shape index (κ1) is 21.7. The Morgan fingerprint density at radius 1 is 1.28 bits per heavy atom. The molecule has 0 radical (unpaired) electrons. The summed E-state index contributed by atoms with van der Waals surface area (Å²) < 4.78 is 0. The maximum absolute atomic E-state index is 13.0. The van der Waals surface area contributed by atoms with Gasteiger partial charge in [0.15, 0.2) is 5.12 Å². The van der Waals surface area contributed by atoms with Gasteiger partial charge in [0.2, 0.25) is 11.8 Å². The van der Waals surface area contributed by atoms with E-state index in [-0.39, 0.29) is 22.3 Å². The number of nitrogens with one attached hydrogen (secondary N) is 1. The van der Waals surface area contributed by atoms with Crippen LogP contribution in [0.25, 0.3) is 0 Å². The molecule has 1 aromatic carbocycles. The smallest absolute Gasteiger partial charge is 0.327 e. The fourth-order valence-corrected chi connectivity index (χ4v) is 5.99. The topological polar surface area (TPSA) is 104 Å². The van der Waals surface area contributed by atoms with E-state index in [2.05, 4.69) is 5.32 Å². The summed E-state index contributed by atoms with van der Waals surface area (Å²) in [6.45, 7) is 1.41. The van der Waals surface area contributed by atoms with Crippen LogP contribution in [-0.2, 0) is 25.6 Å². The van der Waals surface area contributed by atoms with E-state index in [0.29, 0.717) is 25.0 Å². The Kier molecular flexibility index (Phi) is 7.23. The molecule has 0 aromatic heterocycles. The summed E-state index contributed by atoms with van der Waals surface area (Å²) in [6, 6.07) is 7.77. The lowest BCUT2D eigenvalue weighted by molar-refractivity contribution is -0.149. The number of thioether (sulfide) groups is 2. The molecule has 156 valence electrons. The van der Waals surface area contributed by atoms with Gasteiger partial charge in [-0.2, -0.15) is 0 Å². The molecular formula is C20H24N2O5S2. The minimum Gasteiger partial charge on any atom is -0.480 e. The molecular weight excluding hydrogens is 412 g/mol. The summed E-state index contributed by atoms with van der Waals surface area (Å²) >= 11 is 2.43. The molecule has 2 fully saturated rings. The molecule has 0 bridgehead atoms. The molecule has 4 atom stereocenters. The van der Waals surface area contributed by atoms with Crippen LogP contribution in [0.1, 0.15) is 31.7 Å². The van der Waals surface area contributed by atoms with Crippen LogP contribution in [0.4, 0.5) is 0 Å². The number of carboxylic acid groups (broad SMARTS) is 1. The van der Waals surface area contributed by atoms with Crippen molar-refractivity contribution >= 4 is 46.4 Å². The van der Waals surface area contributed by atoms with E-state index >= 15 is 0 Å². The minimum atomic E-state index is -1.02. The molecule has 2 aliphatic heterocycles. The van der Waals surface area contributed by atoms with Crippen LogP contribution in [0, 0.1) is 0 Å². The molecule has 1 aromatic rings. The zero-order valence-electron chi connectivity index (χ0n) is 16.1. The molecule has 2 aliphatic rings. The molecule has 2 saturated heterocycles. The molecule has 0 aliphatic carbocycles. The maximum atomic E-state index is 13.0. The van der Waals surface area contributed by atoms with Crippen LogP contribution in [-0.4, -0.2) is 61.4 Å². The van der Waals surface area contributed by atoms with Crippen molar-refractivity contribution in [3.05, 3.63) is 35.9 Å². The molecule has 0 spiro atoms. The average molecular weight is 437 g/mol. The van der Waals surface area contributed by atoms with Gasteiger partial charge in [0, 0.05) is 12.7 Å². The number of hydrogen-bond acceptors (Lipinski definition) is 6. The predicted octanol–water partition coefficient (Wildman–Crippen LogP) is 1.90. The van der Waals surface area contributed by atoms with Gasteiger partial charge in [0.1, 0.15) is 12.1 Å². The van der Waals surface area contributed by atoms with Crippen LogP contribution in [0.15, 0.2) is 30.3 Å².